The molecule has 0 saturated heterocycles. The molecule has 0 aliphatic heterocycles. The summed E-state index contributed by atoms with van der Waals surface area (Å²) in [7, 11) is 3.40. The summed E-state index contributed by atoms with van der Waals surface area (Å²) in [6.45, 7) is 7.89. The van der Waals surface area contributed by atoms with Crippen LogP contribution in [0.1, 0.15) is 12.6 Å². The number of benzene rings is 2. The van der Waals surface area contributed by atoms with Gasteiger partial charge in [-0.15, -0.1) is 16.8 Å². The highest BCUT2D eigenvalue weighted by Crippen LogP contribution is 2.28. The molecule has 2 aromatic heterocycles. The minimum absolute atomic E-state index is 0.255. The van der Waals surface area contributed by atoms with Gasteiger partial charge in [-0.25, -0.2) is 4.68 Å². The number of allylic oxidation sites excluding steroid dienone is 1. The molecule has 0 saturated carbocycles. The molecule has 0 unspecified atom stereocenters. The number of methoxy groups -OCH3 is 1. The van der Waals surface area contributed by atoms with Crippen LogP contribution in [-0.2, 0) is 18.4 Å². The number of hydrogen-bond donors (Lipinski definition) is 1. The summed E-state index contributed by atoms with van der Waals surface area (Å²) in [5, 5.41) is 11.5. The van der Waals surface area contributed by atoms with Crippen LogP contribution >= 0.6 is 11.8 Å². The van der Waals surface area contributed by atoms with Crippen molar-refractivity contribution in [2.24, 2.45) is 7.05 Å². The van der Waals surface area contributed by atoms with Gasteiger partial charge in [0.1, 0.15) is 11.4 Å². The van der Waals surface area contributed by atoms with Crippen molar-refractivity contribution in [2.75, 3.05) is 12.4 Å². The van der Waals surface area contributed by atoms with E-state index < -0.39 is 5.25 Å². The second-order valence-electron chi connectivity index (χ2n) is 8.12. The lowest BCUT2D eigenvalue weighted by atomic mass is 10.2. The average Bonchev–Trinajstić information content (AvgIpc) is 3.38. The van der Waals surface area contributed by atoms with Crippen molar-refractivity contribution in [2.45, 2.75) is 30.8 Å². The van der Waals surface area contributed by atoms with Gasteiger partial charge in [0.25, 0.3) is 5.56 Å². The smallest absolute Gasteiger partial charge is 0.295 e. The maximum atomic E-state index is 13.1. The number of anilines is 1. The lowest BCUT2D eigenvalue weighted by Gasteiger charge is -2.12. The summed E-state index contributed by atoms with van der Waals surface area (Å²) in [5.74, 6) is 1.11. The van der Waals surface area contributed by atoms with Crippen LogP contribution in [0.2, 0.25) is 0 Å². The molecule has 1 N–H and O–H groups in total. The quantitative estimate of drug-likeness (QED) is 0.273. The third kappa shape index (κ3) is 4.85. The first-order valence-corrected chi connectivity index (χ1v) is 12.2. The van der Waals surface area contributed by atoms with Gasteiger partial charge < -0.3 is 10.1 Å². The number of nitrogens with zero attached hydrogens (tertiary/aromatic N) is 5. The van der Waals surface area contributed by atoms with E-state index in [1.54, 1.807) is 38.8 Å². The Morgan fingerprint density at radius 1 is 1.17 bits per heavy atom. The lowest BCUT2D eigenvalue weighted by Crippen LogP contribution is -2.27. The van der Waals surface area contributed by atoms with Crippen molar-refractivity contribution in [3.8, 4) is 22.8 Å². The minimum Gasteiger partial charge on any atom is -0.497 e. The van der Waals surface area contributed by atoms with Crippen LogP contribution in [-0.4, -0.2) is 42.4 Å². The Hall–Kier alpha value is -4.05. The monoisotopic (exact) mass is 504 g/mol. The molecule has 0 bridgehead atoms. The fourth-order valence-corrected chi connectivity index (χ4v) is 4.63. The van der Waals surface area contributed by atoms with Gasteiger partial charge in [0.05, 0.1) is 23.7 Å². The largest absolute Gasteiger partial charge is 0.497 e. The Kier molecular flexibility index (Phi) is 7.44. The Balaban J connectivity index is 1.56. The maximum absolute atomic E-state index is 13.1. The van der Waals surface area contributed by atoms with Crippen LogP contribution in [0.3, 0.4) is 0 Å². The summed E-state index contributed by atoms with van der Waals surface area (Å²) in [6.07, 6.45) is 1.75. The van der Waals surface area contributed by atoms with Gasteiger partial charge in [-0.2, -0.15) is 0 Å². The number of nitrogens with one attached hydrogen (secondary N) is 1. The van der Waals surface area contributed by atoms with Gasteiger partial charge in [0.15, 0.2) is 11.0 Å². The Morgan fingerprint density at radius 3 is 2.50 bits per heavy atom. The van der Waals surface area contributed by atoms with Gasteiger partial charge in [0, 0.05) is 19.2 Å². The molecule has 4 aromatic rings. The van der Waals surface area contributed by atoms with Gasteiger partial charge in [-0.3, -0.25) is 18.8 Å². The molecule has 4 rings (SSSR count). The van der Waals surface area contributed by atoms with E-state index in [1.807, 2.05) is 59.2 Å². The molecule has 10 heteroatoms. The molecule has 1 atom stereocenters. The van der Waals surface area contributed by atoms with Crippen molar-refractivity contribution in [1.29, 1.82) is 0 Å². The molecule has 186 valence electrons. The van der Waals surface area contributed by atoms with E-state index in [2.05, 4.69) is 22.1 Å². The molecule has 0 aliphatic carbocycles. The molecular weight excluding hydrogens is 476 g/mol. The number of carbonyl (C=O) groups excluding carboxylic acids is 1. The van der Waals surface area contributed by atoms with Gasteiger partial charge in [-0.05, 0) is 50.2 Å². The molecule has 2 aromatic carbocycles. The van der Waals surface area contributed by atoms with E-state index in [0.717, 1.165) is 17.0 Å². The molecule has 1 amide bonds. The van der Waals surface area contributed by atoms with Gasteiger partial charge in [-0.1, -0.05) is 36.0 Å². The first-order valence-electron chi connectivity index (χ1n) is 11.4. The van der Waals surface area contributed by atoms with Crippen LogP contribution in [0, 0.1) is 6.92 Å². The second kappa shape index (κ2) is 10.7. The van der Waals surface area contributed by atoms with Crippen LogP contribution in [0.4, 0.5) is 5.69 Å². The van der Waals surface area contributed by atoms with E-state index in [1.165, 1.54) is 16.4 Å². The number of ether oxygens (including phenoxy) is 1. The normalized spacial score (nSPS) is 11.8. The summed E-state index contributed by atoms with van der Waals surface area (Å²) < 4.78 is 10.4. The maximum Gasteiger partial charge on any atom is 0.295 e. The SMILES string of the molecule is C=CCn1c(S[C@@H](C)C(=O)Nc2c(C)n(C)n(-c3ccccc3)c2=O)nnc1-c1ccc(OC)cc1. The third-order valence-corrected chi connectivity index (χ3v) is 6.91. The summed E-state index contributed by atoms with van der Waals surface area (Å²) in [6, 6.07) is 16.8. The highest BCUT2D eigenvalue weighted by Gasteiger charge is 2.24. The van der Waals surface area contributed by atoms with Crippen LogP contribution in [0.5, 0.6) is 5.75 Å². The van der Waals surface area contributed by atoms with E-state index in [9.17, 15) is 9.59 Å². The van der Waals surface area contributed by atoms with Crippen molar-refractivity contribution >= 4 is 23.4 Å². The van der Waals surface area contributed by atoms with Crippen molar-refractivity contribution < 1.29 is 9.53 Å². The zero-order chi connectivity index (χ0) is 25.8. The molecule has 0 fully saturated rings. The molecule has 0 spiro atoms. The molecule has 2 heterocycles. The molecule has 9 nitrogen and oxygen atoms in total. The number of thioether (sulfide) groups is 1. The molecule has 36 heavy (non-hydrogen) atoms. The number of hydrogen-bond acceptors (Lipinski definition) is 6. The highest BCUT2D eigenvalue weighted by molar-refractivity contribution is 8.00. The average molecular weight is 505 g/mol. The fraction of sp³-hybridized carbons (Fsp3) is 0.231. The summed E-state index contributed by atoms with van der Waals surface area (Å²) in [5.41, 5.74) is 2.22. The van der Waals surface area contributed by atoms with E-state index in [0.29, 0.717) is 23.2 Å². The minimum atomic E-state index is -0.536. The first kappa shape index (κ1) is 25.1. The van der Waals surface area contributed by atoms with Crippen molar-refractivity contribution in [3.05, 3.63) is 83.3 Å². The summed E-state index contributed by atoms with van der Waals surface area (Å²) >= 11 is 1.27. The predicted molar refractivity (Wildman–Crippen MR) is 142 cm³/mol. The van der Waals surface area contributed by atoms with E-state index in [-0.39, 0.29) is 17.2 Å². The lowest BCUT2D eigenvalue weighted by molar-refractivity contribution is -0.115. The van der Waals surface area contributed by atoms with Gasteiger partial charge >= 0.3 is 0 Å². The molecule has 0 aliphatic rings. The van der Waals surface area contributed by atoms with E-state index >= 15 is 0 Å². The summed E-state index contributed by atoms with van der Waals surface area (Å²) in [4.78, 5) is 26.3. The van der Waals surface area contributed by atoms with E-state index in [4.69, 9.17) is 4.74 Å². The number of rotatable bonds is 9. The van der Waals surface area contributed by atoms with Crippen LogP contribution in [0.15, 0.2) is 77.2 Å². The molecule has 0 radical (unpaired) electrons. The Morgan fingerprint density at radius 2 is 1.86 bits per heavy atom. The number of para-hydroxylation sites is 1. The second-order valence-corrected chi connectivity index (χ2v) is 9.43. The standard InChI is InChI=1S/C26H28N6O3S/c1-6-16-31-23(19-12-14-21(35-5)15-13-19)28-29-26(31)36-18(3)24(33)27-22-17(2)30(4)32(25(22)34)20-10-8-7-9-11-20/h6-15,18H,1,16H2,2-5H3,(H,27,33)/t18-/m0/s1. The first-order chi connectivity index (χ1) is 17.3. The third-order valence-electron chi connectivity index (χ3n) is 5.83. The van der Waals surface area contributed by atoms with Gasteiger partial charge in [0.2, 0.25) is 5.91 Å². The van der Waals surface area contributed by atoms with Crippen LogP contribution < -0.4 is 15.6 Å². The van der Waals surface area contributed by atoms with Crippen molar-refractivity contribution in [3.63, 3.8) is 0 Å². The van der Waals surface area contributed by atoms with Crippen LogP contribution in [0.25, 0.3) is 17.1 Å². The number of amides is 1. The Bertz CT molecular complexity index is 1440. The number of carbonyl (C=O) groups is 1. The number of aromatic nitrogens is 5. The highest BCUT2D eigenvalue weighted by atomic mass is 32.2. The molecular formula is C26H28N6O3S. The topological polar surface area (TPSA) is 96.0 Å². The zero-order valence-corrected chi connectivity index (χ0v) is 21.5. The fourth-order valence-electron chi connectivity index (χ4n) is 3.77. The predicted octanol–water partition coefficient (Wildman–Crippen LogP) is 4.06. The van der Waals surface area contributed by atoms with Crippen molar-refractivity contribution in [1.82, 2.24) is 24.1 Å². The zero-order valence-electron chi connectivity index (χ0n) is 20.6. The Labute approximate surface area is 213 Å².